The molecule has 2 aliphatic rings. The highest BCUT2D eigenvalue weighted by Crippen LogP contribution is 2.33. The van der Waals surface area contributed by atoms with Crippen molar-refractivity contribution in [1.29, 1.82) is 0 Å². The van der Waals surface area contributed by atoms with E-state index in [0.29, 0.717) is 5.41 Å². The molecule has 2 aliphatic heterocycles. The van der Waals surface area contributed by atoms with Gasteiger partial charge in [-0.1, -0.05) is 31.9 Å². The van der Waals surface area contributed by atoms with Crippen molar-refractivity contribution in [2.45, 2.75) is 52.4 Å². The monoisotopic (exact) mass is 307 g/mol. The van der Waals surface area contributed by atoms with Crippen LogP contribution in [0.3, 0.4) is 0 Å². The lowest BCUT2D eigenvalue weighted by Gasteiger charge is -2.42. The molecule has 1 saturated heterocycles. The molecule has 1 unspecified atom stereocenters. The fraction of sp³-hybridized carbons (Fsp3) is 0.833. The van der Waals surface area contributed by atoms with E-state index in [1.807, 2.05) is 7.05 Å². The van der Waals surface area contributed by atoms with E-state index in [9.17, 15) is 0 Å². The van der Waals surface area contributed by atoms with E-state index in [2.05, 4.69) is 35.1 Å². The highest BCUT2D eigenvalue weighted by molar-refractivity contribution is 5.80. The van der Waals surface area contributed by atoms with Gasteiger partial charge >= 0.3 is 0 Å². The van der Waals surface area contributed by atoms with E-state index in [4.69, 9.17) is 4.74 Å². The number of aliphatic imine (C=N–C) groups is 1. The van der Waals surface area contributed by atoms with Gasteiger partial charge in [0.2, 0.25) is 0 Å². The number of ether oxygens (including phenoxy) is 1. The Morgan fingerprint density at radius 1 is 1.50 bits per heavy atom. The molecule has 0 bridgehead atoms. The fourth-order valence-electron chi connectivity index (χ4n) is 3.76. The molecule has 2 rings (SSSR count). The van der Waals surface area contributed by atoms with Crippen LogP contribution in [0.4, 0.5) is 0 Å². The van der Waals surface area contributed by atoms with Crippen molar-refractivity contribution >= 4 is 5.96 Å². The summed E-state index contributed by atoms with van der Waals surface area (Å²) in [7, 11) is 1.90. The number of rotatable bonds is 5. The van der Waals surface area contributed by atoms with Gasteiger partial charge in [-0.3, -0.25) is 4.99 Å². The third kappa shape index (κ3) is 5.01. The molecule has 0 aromatic rings. The molecular weight excluding hydrogens is 274 g/mol. The van der Waals surface area contributed by atoms with Gasteiger partial charge in [0.1, 0.15) is 0 Å². The molecule has 0 radical (unpaired) electrons. The molecule has 0 spiro atoms. The molecule has 0 aromatic carbocycles. The number of nitrogens with zero attached hydrogens (tertiary/aromatic N) is 2. The van der Waals surface area contributed by atoms with Crippen molar-refractivity contribution in [3.05, 3.63) is 11.6 Å². The maximum Gasteiger partial charge on any atom is 0.193 e. The van der Waals surface area contributed by atoms with E-state index in [1.165, 1.54) is 31.3 Å². The zero-order chi connectivity index (χ0) is 15.8. The lowest BCUT2D eigenvalue weighted by atomic mass is 9.78. The zero-order valence-electron chi connectivity index (χ0n) is 14.7. The maximum atomic E-state index is 5.36. The first-order valence-electron chi connectivity index (χ1n) is 8.88. The Morgan fingerprint density at radius 2 is 2.36 bits per heavy atom. The van der Waals surface area contributed by atoms with Gasteiger partial charge in [-0.25, -0.2) is 0 Å². The van der Waals surface area contributed by atoms with E-state index in [1.54, 1.807) is 0 Å². The average molecular weight is 307 g/mol. The minimum absolute atomic E-state index is 0.452. The topological polar surface area (TPSA) is 36.9 Å². The van der Waals surface area contributed by atoms with Crippen molar-refractivity contribution in [3.8, 4) is 0 Å². The predicted octanol–water partition coefficient (Wildman–Crippen LogP) is 3.20. The van der Waals surface area contributed by atoms with Crippen LogP contribution in [0.5, 0.6) is 0 Å². The Balaban J connectivity index is 1.81. The van der Waals surface area contributed by atoms with Gasteiger partial charge in [0.25, 0.3) is 0 Å². The lowest BCUT2D eigenvalue weighted by molar-refractivity contribution is 0.142. The number of likely N-dealkylation sites (tertiary alicyclic amines) is 1. The highest BCUT2D eigenvalue weighted by atomic mass is 16.5. The molecule has 0 aliphatic carbocycles. The maximum absolute atomic E-state index is 5.36. The molecular formula is C18H33N3O. The van der Waals surface area contributed by atoms with Crippen molar-refractivity contribution in [2.24, 2.45) is 10.4 Å². The standard InChI is InChI=1S/C18H33N3O/c1-4-9-18(2)10-5-12-21(15-18)17(19-3)20-11-6-16-7-13-22-14-8-16/h7H,4-6,8-15H2,1-3H3,(H,19,20). The van der Waals surface area contributed by atoms with Crippen LogP contribution in [-0.4, -0.2) is 50.8 Å². The first kappa shape index (κ1) is 17.3. The van der Waals surface area contributed by atoms with Crippen LogP contribution in [0.25, 0.3) is 0 Å². The number of piperidine rings is 1. The lowest BCUT2D eigenvalue weighted by Crippen LogP contribution is -2.50. The second-order valence-corrected chi connectivity index (χ2v) is 7.00. The highest BCUT2D eigenvalue weighted by Gasteiger charge is 2.31. The summed E-state index contributed by atoms with van der Waals surface area (Å²) in [6.45, 7) is 9.63. The smallest absolute Gasteiger partial charge is 0.193 e. The molecule has 0 saturated carbocycles. The van der Waals surface area contributed by atoms with Gasteiger partial charge in [-0.2, -0.15) is 0 Å². The second-order valence-electron chi connectivity index (χ2n) is 7.00. The summed E-state index contributed by atoms with van der Waals surface area (Å²) >= 11 is 0. The van der Waals surface area contributed by atoms with Gasteiger partial charge in [0.05, 0.1) is 13.2 Å². The zero-order valence-corrected chi connectivity index (χ0v) is 14.7. The summed E-state index contributed by atoms with van der Waals surface area (Å²) in [5.41, 5.74) is 1.97. The quantitative estimate of drug-likeness (QED) is 0.481. The fourth-order valence-corrected chi connectivity index (χ4v) is 3.76. The van der Waals surface area contributed by atoms with Gasteiger partial charge in [0.15, 0.2) is 5.96 Å². The van der Waals surface area contributed by atoms with Crippen molar-refractivity contribution in [3.63, 3.8) is 0 Å². The normalized spacial score (nSPS) is 26.8. The summed E-state index contributed by atoms with van der Waals surface area (Å²) in [5, 5.41) is 3.56. The van der Waals surface area contributed by atoms with Gasteiger partial charge < -0.3 is 15.0 Å². The SMILES string of the molecule is CCCC1(C)CCCN(C(=NC)NCCC2=CCOCC2)C1. The molecule has 22 heavy (non-hydrogen) atoms. The van der Waals surface area contributed by atoms with Gasteiger partial charge in [0, 0.05) is 26.7 Å². The third-order valence-electron chi connectivity index (χ3n) is 4.93. The first-order valence-corrected chi connectivity index (χ1v) is 8.88. The number of hydrogen-bond donors (Lipinski definition) is 1. The van der Waals surface area contributed by atoms with Crippen LogP contribution >= 0.6 is 0 Å². The molecule has 126 valence electrons. The van der Waals surface area contributed by atoms with Crippen LogP contribution in [0.2, 0.25) is 0 Å². The Kier molecular flexibility index (Phi) is 6.74. The minimum atomic E-state index is 0.452. The second kappa shape index (κ2) is 8.56. The Labute approximate surface area is 136 Å². The first-order chi connectivity index (χ1) is 10.7. The third-order valence-corrected chi connectivity index (χ3v) is 4.93. The van der Waals surface area contributed by atoms with Crippen LogP contribution < -0.4 is 5.32 Å². The van der Waals surface area contributed by atoms with Crippen LogP contribution in [0.15, 0.2) is 16.6 Å². The predicted molar refractivity (Wildman–Crippen MR) is 93.3 cm³/mol. The molecule has 0 aromatic heterocycles. The summed E-state index contributed by atoms with van der Waals surface area (Å²) < 4.78 is 5.36. The molecule has 0 amide bonds. The van der Waals surface area contributed by atoms with E-state index >= 15 is 0 Å². The Morgan fingerprint density at radius 3 is 3.05 bits per heavy atom. The summed E-state index contributed by atoms with van der Waals surface area (Å²) in [6.07, 6.45) is 9.62. The van der Waals surface area contributed by atoms with Crippen LogP contribution in [0.1, 0.15) is 52.4 Å². The summed E-state index contributed by atoms with van der Waals surface area (Å²) in [5.74, 6) is 1.08. The van der Waals surface area contributed by atoms with Gasteiger partial charge in [-0.05, 0) is 37.5 Å². The molecule has 4 nitrogen and oxygen atoms in total. The van der Waals surface area contributed by atoms with Crippen LogP contribution in [-0.2, 0) is 4.74 Å². The average Bonchev–Trinajstić information content (AvgIpc) is 2.52. The van der Waals surface area contributed by atoms with Crippen molar-refractivity contribution in [2.75, 3.05) is 39.9 Å². The molecule has 1 fully saturated rings. The molecule has 1 N–H and O–H groups in total. The molecule has 4 heteroatoms. The van der Waals surface area contributed by atoms with Crippen LogP contribution in [0, 0.1) is 5.41 Å². The van der Waals surface area contributed by atoms with Crippen molar-refractivity contribution < 1.29 is 4.74 Å². The van der Waals surface area contributed by atoms with E-state index < -0.39 is 0 Å². The van der Waals surface area contributed by atoms with Gasteiger partial charge in [-0.15, -0.1) is 0 Å². The largest absolute Gasteiger partial charge is 0.377 e. The van der Waals surface area contributed by atoms with E-state index in [-0.39, 0.29) is 0 Å². The summed E-state index contributed by atoms with van der Waals surface area (Å²) in [4.78, 5) is 6.96. The molecule has 2 heterocycles. The number of guanidine groups is 1. The summed E-state index contributed by atoms with van der Waals surface area (Å²) in [6, 6.07) is 0. The number of nitrogens with one attached hydrogen (secondary N) is 1. The Bertz CT molecular complexity index is 401. The molecule has 1 atom stereocenters. The van der Waals surface area contributed by atoms with Crippen molar-refractivity contribution in [1.82, 2.24) is 10.2 Å². The van der Waals surface area contributed by atoms with E-state index in [0.717, 1.165) is 51.6 Å². The minimum Gasteiger partial charge on any atom is -0.377 e. The Hall–Kier alpha value is -1.03. The number of hydrogen-bond acceptors (Lipinski definition) is 2.